The van der Waals surface area contributed by atoms with Gasteiger partial charge in [-0.25, -0.2) is 0 Å². The second kappa shape index (κ2) is 4.27. The molecule has 76 valence electrons. The summed E-state index contributed by atoms with van der Waals surface area (Å²) >= 11 is 0. The molecule has 2 heteroatoms. The van der Waals surface area contributed by atoms with Gasteiger partial charge in [-0.3, -0.25) is 4.99 Å². The Balaban J connectivity index is 3.18. The van der Waals surface area contributed by atoms with Gasteiger partial charge in [0.2, 0.25) is 0 Å². The first-order valence-corrected chi connectivity index (χ1v) is 4.81. The van der Waals surface area contributed by atoms with Crippen LogP contribution in [0.1, 0.15) is 18.1 Å². The maximum Gasteiger partial charge on any atom is 0.0995 e. The molecular weight excluding hydrogens is 172 g/mol. The Labute approximate surface area is 86.3 Å². The molecule has 0 unspecified atom stereocenters. The minimum atomic E-state index is 1.03. The summed E-state index contributed by atoms with van der Waals surface area (Å²) in [6.07, 6.45) is 0. The lowest BCUT2D eigenvalue weighted by atomic mass is 10.1. The lowest BCUT2D eigenvalue weighted by Crippen LogP contribution is -2.24. The molecule has 0 aliphatic rings. The van der Waals surface area contributed by atoms with Crippen LogP contribution in [0.4, 0.5) is 5.69 Å². The Morgan fingerprint density at radius 2 is 1.71 bits per heavy atom. The Hall–Kier alpha value is -1.31. The maximum absolute atomic E-state index is 4.19. The molecule has 1 aromatic carbocycles. The van der Waals surface area contributed by atoms with E-state index in [9.17, 15) is 0 Å². The first-order chi connectivity index (χ1) is 6.57. The van der Waals surface area contributed by atoms with Crippen LogP contribution in [-0.2, 0) is 0 Å². The number of aliphatic imine (C=N–C) groups is 1. The van der Waals surface area contributed by atoms with Gasteiger partial charge < -0.3 is 4.90 Å². The monoisotopic (exact) mass is 190 g/mol. The maximum atomic E-state index is 4.19. The molecule has 2 nitrogen and oxygen atoms in total. The summed E-state index contributed by atoms with van der Waals surface area (Å²) in [5.74, 6) is 1.03. The smallest absolute Gasteiger partial charge is 0.0995 e. The molecule has 0 atom stereocenters. The van der Waals surface area contributed by atoms with Gasteiger partial charge in [-0.1, -0.05) is 18.2 Å². The van der Waals surface area contributed by atoms with Gasteiger partial charge in [0, 0.05) is 19.8 Å². The third kappa shape index (κ3) is 1.95. The minimum Gasteiger partial charge on any atom is -0.333 e. The number of aryl methyl sites for hydroxylation is 2. The van der Waals surface area contributed by atoms with E-state index in [0.717, 1.165) is 5.84 Å². The van der Waals surface area contributed by atoms with Crippen molar-refractivity contribution in [3.8, 4) is 0 Å². The fraction of sp³-hybridized carbons (Fsp3) is 0.417. The zero-order valence-electron chi connectivity index (χ0n) is 9.63. The average molecular weight is 190 g/mol. The molecule has 0 aliphatic heterocycles. The van der Waals surface area contributed by atoms with E-state index >= 15 is 0 Å². The predicted molar refractivity (Wildman–Crippen MR) is 63.4 cm³/mol. The lowest BCUT2D eigenvalue weighted by Gasteiger charge is -2.22. The third-order valence-electron chi connectivity index (χ3n) is 2.58. The Kier molecular flexibility index (Phi) is 3.28. The van der Waals surface area contributed by atoms with Crippen LogP contribution >= 0.6 is 0 Å². The van der Waals surface area contributed by atoms with Crippen LogP contribution in [0.3, 0.4) is 0 Å². The molecule has 0 saturated carbocycles. The largest absolute Gasteiger partial charge is 0.333 e. The summed E-state index contributed by atoms with van der Waals surface area (Å²) in [7, 11) is 3.87. The fourth-order valence-electron chi connectivity index (χ4n) is 1.65. The first-order valence-electron chi connectivity index (χ1n) is 4.81. The molecule has 0 aliphatic carbocycles. The summed E-state index contributed by atoms with van der Waals surface area (Å²) in [5.41, 5.74) is 3.83. The number of anilines is 1. The van der Waals surface area contributed by atoms with Crippen LogP contribution in [0.15, 0.2) is 23.2 Å². The first kappa shape index (κ1) is 10.8. The molecule has 0 amide bonds. The van der Waals surface area contributed by atoms with E-state index in [-0.39, 0.29) is 0 Å². The van der Waals surface area contributed by atoms with Crippen LogP contribution in [0, 0.1) is 13.8 Å². The molecule has 0 aromatic heterocycles. The zero-order valence-corrected chi connectivity index (χ0v) is 9.63. The Bertz CT molecular complexity index is 333. The highest BCUT2D eigenvalue weighted by Gasteiger charge is 2.08. The van der Waals surface area contributed by atoms with Crippen molar-refractivity contribution in [2.45, 2.75) is 20.8 Å². The van der Waals surface area contributed by atoms with E-state index in [1.807, 2.05) is 14.0 Å². The molecule has 1 rings (SSSR count). The Morgan fingerprint density at radius 3 is 2.14 bits per heavy atom. The van der Waals surface area contributed by atoms with Crippen LogP contribution in [-0.4, -0.2) is 19.9 Å². The van der Waals surface area contributed by atoms with Crippen LogP contribution < -0.4 is 4.90 Å². The second-order valence-corrected chi connectivity index (χ2v) is 3.57. The van der Waals surface area contributed by atoms with Crippen LogP contribution in [0.5, 0.6) is 0 Å². The van der Waals surface area contributed by atoms with Crippen molar-refractivity contribution in [3.05, 3.63) is 29.3 Å². The number of amidine groups is 1. The second-order valence-electron chi connectivity index (χ2n) is 3.57. The van der Waals surface area contributed by atoms with Gasteiger partial charge >= 0.3 is 0 Å². The molecule has 0 bridgehead atoms. The van der Waals surface area contributed by atoms with Crippen molar-refractivity contribution in [2.75, 3.05) is 19.0 Å². The SMILES string of the molecule is CN=C(C)N(C)c1c(C)cccc1C. The molecule has 0 heterocycles. The standard InChI is InChI=1S/C12H18N2/c1-9-7-6-8-10(2)12(9)14(5)11(3)13-4/h6-8H,1-5H3. The van der Waals surface area contributed by atoms with Crippen molar-refractivity contribution in [3.63, 3.8) is 0 Å². The summed E-state index contributed by atoms with van der Waals surface area (Å²) in [6, 6.07) is 6.34. The number of rotatable bonds is 1. The summed E-state index contributed by atoms with van der Waals surface area (Å²) in [5, 5.41) is 0. The summed E-state index contributed by atoms with van der Waals surface area (Å²) < 4.78 is 0. The average Bonchev–Trinajstić information content (AvgIpc) is 2.16. The van der Waals surface area contributed by atoms with Crippen molar-refractivity contribution >= 4 is 11.5 Å². The molecule has 14 heavy (non-hydrogen) atoms. The predicted octanol–water partition coefficient (Wildman–Crippen LogP) is 2.79. The van der Waals surface area contributed by atoms with E-state index in [0.29, 0.717) is 0 Å². The molecule has 0 saturated heterocycles. The lowest BCUT2D eigenvalue weighted by molar-refractivity contribution is 1.17. The Morgan fingerprint density at radius 1 is 1.21 bits per heavy atom. The normalized spacial score (nSPS) is 11.6. The summed E-state index contributed by atoms with van der Waals surface area (Å²) in [6.45, 7) is 6.27. The number of nitrogens with zero attached hydrogens (tertiary/aromatic N) is 2. The van der Waals surface area contributed by atoms with E-state index < -0.39 is 0 Å². The minimum absolute atomic E-state index is 1.03. The van der Waals surface area contributed by atoms with Crippen LogP contribution in [0.25, 0.3) is 0 Å². The molecule has 0 N–H and O–H groups in total. The highest BCUT2D eigenvalue weighted by molar-refractivity contribution is 5.96. The van der Waals surface area contributed by atoms with Crippen molar-refractivity contribution in [1.82, 2.24) is 0 Å². The van der Waals surface area contributed by atoms with Crippen molar-refractivity contribution in [2.24, 2.45) is 4.99 Å². The van der Waals surface area contributed by atoms with E-state index in [4.69, 9.17) is 0 Å². The van der Waals surface area contributed by atoms with Crippen molar-refractivity contribution < 1.29 is 0 Å². The number of benzene rings is 1. The highest BCUT2D eigenvalue weighted by atomic mass is 15.2. The van der Waals surface area contributed by atoms with Gasteiger partial charge in [-0.2, -0.15) is 0 Å². The highest BCUT2D eigenvalue weighted by Crippen LogP contribution is 2.23. The third-order valence-corrected chi connectivity index (χ3v) is 2.58. The molecular formula is C12H18N2. The molecule has 1 aromatic rings. The van der Waals surface area contributed by atoms with Gasteiger partial charge in [0.05, 0.1) is 5.84 Å². The molecule has 0 radical (unpaired) electrons. The van der Waals surface area contributed by atoms with E-state index in [1.165, 1.54) is 16.8 Å². The van der Waals surface area contributed by atoms with Gasteiger partial charge in [-0.15, -0.1) is 0 Å². The topological polar surface area (TPSA) is 15.6 Å². The fourth-order valence-corrected chi connectivity index (χ4v) is 1.65. The zero-order chi connectivity index (χ0) is 10.7. The quantitative estimate of drug-likeness (QED) is 0.491. The number of para-hydroxylation sites is 1. The van der Waals surface area contributed by atoms with Gasteiger partial charge in [0.1, 0.15) is 0 Å². The van der Waals surface area contributed by atoms with E-state index in [2.05, 4.69) is 49.0 Å². The molecule has 0 spiro atoms. The van der Waals surface area contributed by atoms with Gasteiger partial charge in [-0.05, 0) is 31.9 Å². The summed E-state index contributed by atoms with van der Waals surface area (Å²) in [4.78, 5) is 6.32. The van der Waals surface area contributed by atoms with Crippen LogP contribution in [0.2, 0.25) is 0 Å². The van der Waals surface area contributed by atoms with E-state index in [1.54, 1.807) is 0 Å². The number of hydrogen-bond donors (Lipinski definition) is 0. The van der Waals surface area contributed by atoms with Crippen molar-refractivity contribution in [1.29, 1.82) is 0 Å². The van der Waals surface area contributed by atoms with Gasteiger partial charge in [0.25, 0.3) is 0 Å². The number of hydrogen-bond acceptors (Lipinski definition) is 1. The molecule has 0 fully saturated rings. The van der Waals surface area contributed by atoms with Gasteiger partial charge in [0.15, 0.2) is 0 Å².